The molecule has 0 radical (unpaired) electrons. The van der Waals surface area contributed by atoms with Gasteiger partial charge in [-0.3, -0.25) is 20.4 Å². The zero-order chi connectivity index (χ0) is 21.2. The highest BCUT2D eigenvalue weighted by Crippen LogP contribution is 2.53. The predicted octanol–water partition coefficient (Wildman–Crippen LogP) is 1.13. The molecular formula is C22H27FN4O3. The number of carbonyl (C=O) groups is 2. The van der Waals surface area contributed by atoms with Crippen LogP contribution in [0.5, 0.6) is 0 Å². The Hall–Kier alpha value is -2.29. The Bertz CT molecular complexity index is 937. The summed E-state index contributed by atoms with van der Waals surface area (Å²) in [5.74, 6) is -1.62. The second-order valence-corrected chi connectivity index (χ2v) is 9.10. The molecule has 1 spiro atoms. The topological polar surface area (TPSA) is 73.9 Å². The van der Waals surface area contributed by atoms with E-state index in [4.69, 9.17) is 4.74 Å². The van der Waals surface area contributed by atoms with Crippen LogP contribution >= 0.6 is 0 Å². The van der Waals surface area contributed by atoms with Gasteiger partial charge in [-0.25, -0.2) is 4.39 Å². The van der Waals surface area contributed by atoms with Crippen molar-refractivity contribution < 1.29 is 18.7 Å². The van der Waals surface area contributed by atoms with Crippen molar-refractivity contribution in [2.24, 2.45) is 11.8 Å². The molecule has 2 N–H and O–H groups in total. The number of carbonyl (C=O) groups excluding carboxylic acids is 2. The van der Waals surface area contributed by atoms with Crippen LogP contribution in [0.3, 0.4) is 0 Å². The number of anilines is 1. The molecule has 30 heavy (non-hydrogen) atoms. The van der Waals surface area contributed by atoms with E-state index in [-0.39, 0.29) is 29.8 Å². The van der Waals surface area contributed by atoms with Gasteiger partial charge in [0.15, 0.2) is 0 Å². The summed E-state index contributed by atoms with van der Waals surface area (Å²) >= 11 is 0. The van der Waals surface area contributed by atoms with Crippen molar-refractivity contribution in [3.8, 4) is 0 Å². The average molecular weight is 414 g/mol. The Balaban J connectivity index is 1.39. The van der Waals surface area contributed by atoms with Gasteiger partial charge in [0, 0.05) is 31.4 Å². The van der Waals surface area contributed by atoms with Gasteiger partial charge in [0.05, 0.1) is 24.5 Å². The molecule has 4 heterocycles. The van der Waals surface area contributed by atoms with Crippen LogP contribution in [0, 0.1) is 24.6 Å². The number of ether oxygens (including phenoxy) is 1. The molecule has 3 saturated heterocycles. The number of hydrogen-bond acceptors (Lipinski definition) is 5. The minimum atomic E-state index is -0.786. The minimum absolute atomic E-state index is 0.0661. The van der Waals surface area contributed by atoms with E-state index in [1.54, 1.807) is 29.8 Å². The molecule has 1 aromatic rings. The monoisotopic (exact) mass is 414 g/mol. The molecular weight excluding hydrogens is 387 g/mol. The van der Waals surface area contributed by atoms with Crippen LogP contribution in [0.25, 0.3) is 0 Å². The number of hydrazine groups is 1. The Kier molecular flexibility index (Phi) is 4.50. The van der Waals surface area contributed by atoms with E-state index in [1.165, 1.54) is 12.1 Å². The largest absolute Gasteiger partial charge is 0.360 e. The molecule has 7 nitrogen and oxygen atoms in total. The summed E-state index contributed by atoms with van der Waals surface area (Å²) in [4.78, 5) is 30.2. The Labute approximate surface area is 175 Å². The number of nitrogens with one attached hydrogen (secondary N) is 2. The number of fused-ring (bicyclic) bond motifs is 1. The van der Waals surface area contributed by atoms with E-state index in [2.05, 4.69) is 17.8 Å². The van der Waals surface area contributed by atoms with Crippen LogP contribution < -0.4 is 15.8 Å². The number of nitrogens with zero attached hydrogens (tertiary/aromatic N) is 2. The number of benzene rings is 1. The van der Waals surface area contributed by atoms with Crippen molar-refractivity contribution in [2.75, 3.05) is 25.0 Å². The second kappa shape index (κ2) is 6.87. The first-order chi connectivity index (χ1) is 14.3. The van der Waals surface area contributed by atoms with E-state index in [9.17, 15) is 14.0 Å². The molecule has 0 saturated carbocycles. The lowest BCUT2D eigenvalue weighted by Gasteiger charge is -2.29. The smallest absolute Gasteiger partial charge is 0.234 e. The molecule has 4 unspecified atom stereocenters. The fourth-order valence-corrected chi connectivity index (χ4v) is 5.51. The van der Waals surface area contributed by atoms with Crippen molar-refractivity contribution in [1.29, 1.82) is 0 Å². The summed E-state index contributed by atoms with van der Waals surface area (Å²) in [6.45, 7) is 4.79. The summed E-state index contributed by atoms with van der Waals surface area (Å²) in [7, 11) is 1.79. The van der Waals surface area contributed by atoms with Crippen LogP contribution in [-0.2, 0) is 14.3 Å². The Morgan fingerprint density at radius 1 is 1.40 bits per heavy atom. The number of halogens is 1. The van der Waals surface area contributed by atoms with Gasteiger partial charge in [-0.15, -0.1) is 0 Å². The van der Waals surface area contributed by atoms with E-state index in [1.807, 2.05) is 12.2 Å². The van der Waals surface area contributed by atoms with Gasteiger partial charge in [-0.05, 0) is 44.0 Å². The van der Waals surface area contributed by atoms with Crippen LogP contribution in [0.4, 0.5) is 10.1 Å². The van der Waals surface area contributed by atoms with Crippen LogP contribution in [0.15, 0.2) is 30.4 Å². The number of aryl methyl sites for hydroxylation is 1. The number of likely N-dealkylation sites (N-methyl/N-ethyl adjacent to an activating group) is 1. The summed E-state index contributed by atoms with van der Waals surface area (Å²) < 4.78 is 19.8. The summed E-state index contributed by atoms with van der Waals surface area (Å²) in [5.41, 5.74) is 6.96. The molecule has 1 aromatic carbocycles. The first kappa shape index (κ1) is 19.7. The van der Waals surface area contributed by atoms with Crippen LogP contribution in [-0.4, -0.2) is 60.6 Å². The minimum Gasteiger partial charge on any atom is -0.360 e. The van der Waals surface area contributed by atoms with Gasteiger partial charge >= 0.3 is 0 Å². The standard InChI is InChI=1S/C22H27FN4O3/c1-12-8-14(23)4-5-16(12)27-11-22-7-6-17(30-22)18(19(22)21(27)29)20(28)26(3)10-15-9-13(2)24-25-15/h4-8,13,15,17-19,24-25H,9-11H2,1-3H3/t13?,15?,17-,18?,19?,22-/m1/s1. The number of rotatable bonds is 4. The Morgan fingerprint density at radius 3 is 2.90 bits per heavy atom. The van der Waals surface area contributed by atoms with Crippen molar-refractivity contribution >= 4 is 17.5 Å². The molecule has 160 valence electrons. The lowest BCUT2D eigenvalue weighted by molar-refractivity contribution is -0.139. The van der Waals surface area contributed by atoms with E-state index in [0.29, 0.717) is 30.4 Å². The average Bonchev–Trinajstić information content (AvgIpc) is 3.43. The molecule has 4 aliphatic heterocycles. The van der Waals surface area contributed by atoms with Crippen molar-refractivity contribution in [2.45, 2.75) is 44.1 Å². The van der Waals surface area contributed by atoms with Crippen LogP contribution in [0.2, 0.25) is 0 Å². The van der Waals surface area contributed by atoms with E-state index >= 15 is 0 Å². The molecule has 8 heteroatoms. The number of amides is 2. The van der Waals surface area contributed by atoms with Crippen molar-refractivity contribution in [3.63, 3.8) is 0 Å². The lowest BCUT2D eigenvalue weighted by atomic mass is 9.76. The maximum atomic E-state index is 13.6. The summed E-state index contributed by atoms with van der Waals surface area (Å²) in [5, 5.41) is 0. The number of hydrogen-bond donors (Lipinski definition) is 2. The predicted molar refractivity (Wildman–Crippen MR) is 109 cm³/mol. The first-order valence-corrected chi connectivity index (χ1v) is 10.5. The zero-order valence-corrected chi connectivity index (χ0v) is 17.4. The van der Waals surface area contributed by atoms with Crippen molar-refractivity contribution in [1.82, 2.24) is 15.8 Å². The SMILES string of the molecule is Cc1cc(F)ccc1N1C[C@@]23C=C[C@@H](O2)C(C(=O)N(C)CC2CC(C)NN2)C3C1=O. The maximum Gasteiger partial charge on any atom is 0.234 e. The van der Waals surface area contributed by atoms with Crippen LogP contribution in [0.1, 0.15) is 18.9 Å². The summed E-state index contributed by atoms with van der Waals surface area (Å²) in [6, 6.07) is 4.94. The lowest BCUT2D eigenvalue weighted by Crippen LogP contribution is -2.48. The fraction of sp³-hybridized carbons (Fsp3) is 0.545. The zero-order valence-electron chi connectivity index (χ0n) is 17.4. The molecule has 6 atom stereocenters. The van der Waals surface area contributed by atoms with Gasteiger partial charge in [0.25, 0.3) is 0 Å². The maximum absolute atomic E-state index is 13.6. The summed E-state index contributed by atoms with van der Waals surface area (Å²) in [6.07, 6.45) is 4.41. The molecule has 4 aliphatic rings. The van der Waals surface area contributed by atoms with Gasteiger partial charge in [0.1, 0.15) is 11.4 Å². The molecule has 0 aliphatic carbocycles. The highest BCUT2D eigenvalue weighted by molar-refractivity contribution is 6.03. The van der Waals surface area contributed by atoms with E-state index in [0.717, 1.165) is 6.42 Å². The third kappa shape index (κ3) is 2.89. The molecule has 5 rings (SSSR count). The normalized spacial score (nSPS) is 36.6. The molecule has 2 bridgehead atoms. The highest BCUT2D eigenvalue weighted by Gasteiger charge is 2.67. The van der Waals surface area contributed by atoms with E-state index < -0.39 is 17.4 Å². The highest BCUT2D eigenvalue weighted by atomic mass is 19.1. The van der Waals surface area contributed by atoms with Gasteiger partial charge in [-0.2, -0.15) is 0 Å². The van der Waals surface area contributed by atoms with Gasteiger partial charge in [0.2, 0.25) is 11.8 Å². The quantitative estimate of drug-likeness (QED) is 0.723. The van der Waals surface area contributed by atoms with Gasteiger partial charge < -0.3 is 14.5 Å². The molecule has 2 amide bonds. The fourth-order valence-electron chi connectivity index (χ4n) is 5.51. The van der Waals surface area contributed by atoms with Gasteiger partial charge in [-0.1, -0.05) is 12.2 Å². The second-order valence-electron chi connectivity index (χ2n) is 9.10. The molecule has 3 fully saturated rings. The third-order valence-electron chi connectivity index (χ3n) is 6.88. The van der Waals surface area contributed by atoms with Crippen molar-refractivity contribution in [3.05, 3.63) is 41.7 Å². The Morgan fingerprint density at radius 2 is 2.20 bits per heavy atom. The molecule has 0 aromatic heterocycles. The third-order valence-corrected chi connectivity index (χ3v) is 6.88. The first-order valence-electron chi connectivity index (χ1n) is 10.5.